The maximum atomic E-state index is 5.68. The molecule has 16 heavy (non-hydrogen) atoms. The van der Waals surface area contributed by atoms with Crippen LogP contribution in [0.5, 0.6) is 0 Å². The summed E-state index contributed by atoms with van der Waals surface area (Å²) < 4.78 is 3.66. The van der Waals surface area contributed by atoms with E-state index in [1.54, 1.807) is 0 Å². The van der Waals surface area contributed by atoms with Crippen molar-refractivity contribution in [3.8, 4) is 0 Å². The lowest BCUT2D eigenvalue weighted by Gasteiger charge is -2.08. The van der Waals surface area contributed by atoms with E-state index in [4.69, 9.17) is 5.73 Å². The van der Waals surface area contributed by atoms with Gasteiger partial charge < -0.3 is 10.3 Å². The van der Waals surface area contributed by atoms with Gasteiger partial charge in [0.05, 0.1) is 0 Å². The number of rotatable bonds is 3. The number of fused-ring (bicyclic) bond motifs is 1. The van der Waals surface area contributed by atoms with Gasteiger partial charge in [-0.2, -0.15) is 0 Å². The number of nitrogens with zero attached hydrogens (tertiary/aromatic N) is 1. The van der Waals surface area contributed by atoms with Crippen LogP contribution in [0.1, 0.15) is 24.6 Å². The number of hydrogen-bond acceptors (Lipinski definition) is 1. The molecule has 0 unspecified atom stereocenters. The van der Waals surface area contributed by atoms with Gasteiger partial charge >= 0.3 is 0 Å². The molecule has 2 nitrogen and oxygen atoms in total. The second-order valence-electron chi connectivity index (χ2n) is 4.45. The molecule has 2 N–H and O–H groups in total. The highest BCUT2D eigenvalue weighted by atomic mass is 79.9. The molecule has 0 bridgehead atoms. The molecule has 0 radical (unpaired) electrons. The molecule has 1 saturated carbocycles. The first-order valence-electron chi connectivity index (χ1n) is 5.79. The van der Waals surface area contributed by atoms with E-state index in [0.717, 1.165) is 13.0 Å². The fraction of sp³-hybridized carbons (Fsp3) is 0.385. The molecule has 3 rings (SSSR count). The van der Waals surface area contributed by atoms with Gasteiger partial charge in [-0.05, 0) is 44.0 Å². The Balaban J connectivity index is 2.24. The number of nitrogens with two attached hydrogens (primary N) is 1. The molecule has 1 aliphatic rings. The van der Waals surface area contributed by atoms with Gasteiger partial charge in [-0.25, -0.2) is 0 Å². The van der Waals surface area contributed by atoms with Crippen LogP contribution in [0, 0.1) is 0 Å². The SMILES string of the molecule is NCCc1cc2c(Br)cccc2n1C1CC1. The van der Waals surface area contributed by atoms with Crippen molar-refractivity contribution in [2.24, 2.45) is 5.73 Å². The van der Waals surface area contributed by atoms with E-state index in [1.165, 1.54) is 33.9 Å². The summed E-state index contributed by atoms with van der Waals surface area (Å²) in [5.74, 6) is 0. The second kappa shape index (κ2) is 3.90. The van der Waals surface area contributed by atoms with Crippen LogP contribution >= 0.6 is 15.9 Å². The Morgan fingerprint density at radius 2 is 2.19 bits per heavy atom. The van der Waals surface area contributed by atoms with Crippen LogP contribution < -0.4 is 5.73 Å². The molecular formula is C13H15BrN2. The van der Waals surface area contributed by atoms with Gasteiger partial charge in [-0.1, -0.05) is 22.0 Å². The van der Waals surface area contributed by atoms with Gasteiger partial charge in [-0.3, -0.25) is 0 Å². The van der Waals surface area contributed by atoms with Crippen molar-refractivity contribution in [2.75, 3.05) is 6.54 Å². The molecule has 1 heterocycles. The van der Waals surface area contributed by atoms with Crippen molar-refractivity contribution >= 4 is 26.8 Å². The van der Waals surface area contributed by atoms with Gasteiger partial charge in [0.2, 0.25) is 0 Å². The van der Waals surface area contributed by atoms with Crippen LogP contribution in [0.2, 0.25) is 0 Å². The van der Waals surface area contributed by atoms with Crippen molar-refractivity contribution in [1.29, 1.82) is 0 Å². The van der Waals surface area contributed by atoms with Gasteiger partial charge in [0.25, 0.3) is 0 Å². The standard InChI is InChI=1S/C13H15BrN2/c14-12-2-1-3-13-11(12)8-10(6-7-15)16(13)9-4-5-9/h1-3,8-9H,4-7,15H2. The molecule has 1 aliphatic carbocycles. The molecule has 1 aromatic carbocycles. The van der Waals surface area contributed by atoms with Crippen LogP contribution in [0.4, 0.5) is 0 Å². The summed E-state index contributed by atoms with van der Waals surface area (Å²) in [7, 11) is 0. The normalized spacial score (nSPS) is 15.9. The van der Waals surface area contributed by atoms with E-state index in [2.05, 4.69) is 44.8 Å². The minimum atomic E-state index is 0.716. The Bertz CT molecular complexity index is 526. The first-order chi connectivity index (χ1) is 7.81. The van der Waals surface area contributed by atoms with Crippen molar-refractivity contribution in [3.63, 3.8) is 0 Å². The van der Waals surface area contributed by atoms with Crippen LogP contribution in [0.3, 0.4) is 0 Å². The minimum Gasteiger partial charge on any atom is -0.341 e. The molecule has 84 valence electrons. The summed E-state index contributed by atoms with van der Waals surface area (Å²) in [5, 5.41) is 1.32. The summed E-state index contributed by atoms with van der Waals surface area (Å²) in [6.07, 6.45) is 3.60. The van der Waals surface area contributed by atoms with E-state index in [9.17, 15) is 0 Å². The fourth-order valence-electron chi connectivity index (χ4n) is 2.37. The maximum Gasteiger partial charge on any atom is 0.0496 e. The quantitative estimate of drug-likeness (QED) is 0.918. The lowest BCUT2D eigenvalue weighted by Crippen LogP contribution is -2.07. The molecule has 0 atom stereocenters. The zero-order valence-electron chi connectivity index (χ0n) is 9.12. The lowest BCUT2D eigenvalue weighted by atomic mass is 10.2. The largest absolute Gasteiger partial charge is 0.341 e. The monoisotopic (exact) mass is 278 g/mol. The molecule has 1 fully saturated rings. The Hall–Kier alpha value is -0.800. The van der Waals surface area contributed by atoms with E-state index in [-0.39, 0.29) is 0 Å². The van der Waals surface area contributed by atoms with Crippen molar-refractivity contribution < 1.29 is 0 Å². The number of aromatic nitrogens is 1. The second-order valence-corrected chi connectivity index (χ2v) is 5.30. The Kier molecular flexibility index (Phi) is 2.52. The van der Waals surface area contributed by atoms with E-state index >= 15 is 0 Å². The first-order valence-corrected chi connectivity index (χ1v) is 6.59. The average Bonchev–Trinajstić information content (AvgIpc) is 3.02. The molecule has 2 aromatic rings. The van der Waals surface area contributed by atoms with Crippen LogP contribution in [0.15, 0.2) is 28.7 Å². The molecular weight excluding hydrogens is 264 g/mol. The minimum absolute atomic E-state index is 0.716. The molecule has 3 heteroatoms. The highest BCUT2D eigenvalue weighted by molar-refractivity contribution is 9.10. The zero-order valence-corrected chi connectivity index (χ0v) is 10.7. The van der Waals surface area contributed by atoms with Crippen LogP contribution in [0.25, 0.3) is 10.9 Å². The van der Waals surface area contributed by atoms with Gasteiger partial charge in [-0.15, -0.1) is 0 Å². The van der Waals surface area contributed by atoms with Gasteiger partial charge in [0.15, 0.2) is 0 Å². The highest BCUT2D eigenvalue weighted by Crippen LogP contribution is 2.40. The first kappa shape index (κ1) is 10.4. The zero-order chi connectivity index (χ0) is 11.1. The Morgan fingerprint density at radius 1 is 1.38 bits per heavy atom. The predicted octanol–water partition coefficient (Wildman–Crippen LogP) is 3.24. The highest BCUT2D eigenvalue weighted by Gasteiger charge is 2.27. The van der Waals surface area contributed by atoms with Crippen molar-refractivity contribution in [2.45, 2.75) is 25.3 Å². The summed E-state index contributed by atoms with van der Waals surface area (Å²) in [6.45, 7) is 0.723. The summed E-state index contributed by atoms with van der Waals surface area (Å²) in [5.41, 5.74) is 8.41. The van der Waals surface area contributed by atoms with E-state index in [0.29, 0.717) is 6.04 Å². The predicted molar refractivity (Wildman–Crippen MR) is 70.7 cm³/mol. The molecule has 0 amide bonds. The molecule has 0 aliphatic heterocycles. The third kappa shape index (κ3) is 1.59. The Morgan fingerprint density at radius 3 is 2.88 bits per heavy atom. The van der Waals surface area contributed by atoms with Gasteiger partial charge in [0.1, 0.15) is 0 Å². The number of halogens is 1. The topological polar surface area (TPSA) is 30.9 Å². The fourth-order valence-corrected chi connectivity index (χ4v) is 2.84. The number of hydrogen-bond donors (Lipinski definition) is 1. The molecule has 0 saturated heterocycles. The number of benzene rings is 1. The molecule has 1 aromatic heterocycles. The van der Waals surface area contributed by atoms with Gasteiger partial charge in [0, 0.05) is 27.1 Å². The van der Waals surface area contributed by atoms with Crippen molar-refractivity contribution in [3.05, 3.63) is 34.4 Å². The van der Waals surface area contributed by atoms with Crippen molar-refractivity contribution in [1.82, 2.24) is 4.57 Å². The Labute approximate surface area is 104 Å². The van der Waals surface area contributed by atoms with E-state index < -0.39 is 0 Å². The summed E-state index contributed by atoms with van der Waals surface area (Å²) >= 11 is 3.62. The summed E-state index contributed by atoms with van der Waals surface area (Å²) in [4.78, 5) is 0. The maximum absolute atomic E-state index is 5.68. The van der Waals surface area contributed by atoms with Crippen LogP contribution in [-0.2, 0) is 6.42 Å². The third-order valence-corrected chi connectivity index (χ3v) is 3.91. The smallest absolute Gasteiger partial charge is 0.0496 e. The van der Waals surface area contributed by atoms with Crippen LogP contribution in [-0.4, -0.2) is 11.1 Å². The third-order valence-electron chi connectivity index (χ3n) is 3.22. The lowest BCUT2D eigenvalue weighted by molar-refractivity contribution is 0.715. The summed E-state index contributed by atoms with van der Waals surface area (Å²) in [6, 6.07) is 9.42. The molecule has 0 spiro atoms. The average molecular weight is 279 g/mol. The van der Waals surface area contributed by atoms with E-state index in [1.807, 2.05) is 0 Å².